The van der Waals surface area contributed by atoms with Crippen molar-refractivity contribution in [1.82, 2.24) is 15.5 Å². The number of methoxy groups -OCH3 is 2. The molecule has 1 aliphatic heterocycles. The summed E-state index contributed by atoms with van der Waals surface area (Å²) in [6.07, 6.45) is 2.26. The summed E-state index contributed by atoms with van der Waals surface area (Å²) in [7, 11) is 6.70. The maximum Gasteiger partial charge on any atom is 0.243 e. The number of amides is 1. The second-order valence-corrected chi connectivity index (χ2v) is 6.94. The highest BCUT2D eigenvalue weighted by Crippen LogP contribution is 2.29. The summed E-state index contributed by atoms with van der Waals surface area (Å²) < 4.78 is 16.5. The van der Waals surface area contributed by atoms with Crippen molar-refractivity contribution in [2.75, 3.05) is 48.0 Å². The van der Waals surface area contributed by atoms with Crippen LogP contribution in [0.5, 0.6) is 11.5 Å². The highest BCUT2D eigenvalue weighted by molar-refractivity contribution is 5.85. The second kappa shape index (κ2) is 10.8. The summed E-state index contributed by atoms with van der Waals surface area (Å²) in [5.41, 5.74) is 0.937. The lowest BCUT2D eigenvalue weighted by Crippen LogP contribution is -2.43. The molecule has 28 heavy (non-hydrogen) atoms. The minimum Gasteiger partial charge on any atom is -0.497 e. The number of benzene rings is 1. The molecule has 1 heterocycles. The van der Waals surface area contributed by atoms with Crippen LogP contribution in [0.2, 0.25) is 0 Å². The van der Waals surface area contributed by atoms with Crippen LogP contribution >= 0.6 is 0 Å². The van der Waals surface area contributed by atoms with Crippen LogP contribution in [0, 0.1) is 0 Å². The molecule has 0 bridgehead atoms. The van der Waals surface area contributed by atoms with Gasteiger partial charge in [-0.1, -0.05) is 0 Å². The number of aliphatic imine (C=N–C) groups is 1. The van der Waals surface area contributed by atoms with Crippen molar-refractivity contribution < 1.29 is 19.0 Å². The molecule has 1 saturated heterocycles. The average Bonchev–Trinajstić information content (AvgIpc) is 3.22. The van der Waals surface area contributed by atoms with Crippen molar-refractivity contribution in [1.29, 1.82) is 0 Å². The van der Waals surface area contributed by atoms with E-state index in [0.717, 1.165) is 36.5 Å². The maximum absolute atomic E-state index is 11.9. The second-order valence-electron chi connectivity index (χ2n) is 6.94. The summed E-state index contributed by atoms with van der Waals surface area (Å²) in [4.78, 5) is 17.9. The molecule has 0 aliphatic carbocycles. The largest absolute Gasteiger partial charge is 0.497 e. The van der Waals surface area contributed by atoms with Gasteiger partial charge in [-0.05, 0) is 38.0 Å². The number of likely N-dealkylation sites (N-methyl/N-ethyl adjacent to an activating group) is 1. The van der Waals surface area contributed by atoms with Gasteiger partial charge in [0, 0.05) is 32.8 Å². The highest BCUT2D eigenvalue weighted by Gasteiger charge is 2.18. The zero-order chi connectivity index (χ0) is 20.5. The van der Waals surface area contributed by atoms with E-state index in [1.807, 2.05) is 25.1 Å². The quantitative estimate of drug-likeness (QED) is 0.516. The molecule has 0 saturated carbocycles. The molecule has 2 rings (SSSR count). The molecule has 1 aromatic rings. The highest BCUT2D eigenvalue weighted by atomic mass is 16.5. The lowest BCUT2D eigenvalue weighted by molar-refractivity contribution is -0.127. The molecular weight excluding hydrogens is 360 g/mol. The minimum atomic E-state index is -0.116. The molecule has 0 spiro atoms. The summed E-state index contributed by atoms with van der Waals surface area (Å²) in [6, 6.07) is 5.54. The molecule has 1 aromatic carbocycles. The van der Waals surface area contributed by atoms with Crippen molar-refractivity contribution in [2.45, 2.75) is 31.9 Å². The topological polar surface area (TPSA) is 84.4 Å². The zero-order valence-corrected chi connectivity index (χ0v) is 17.4. The third-order valence-corrected chi connectivity index (χ3v) is 4.65. The Labute approximate surface area is 167 Å². The number of nitrogens with zero attached hydrogens (tertiary/aromatic N) is 2. The number of nitrogens with one attached hydrogen (secondary N) is 2. The molecule has 8 heteroatoms. The lowest BCUT2D eigenvalue weighted by atomic mass is 10.1. The van der Waals surface area contributed by atoms with E-state index in [1.54, 1.807) is 28.3 Å². The first-order valence-corrected chi connectivity index (χ1v) is 9.53. The Morgan fingerprint density at radius 2 is 2.14 bits per heavy atom. The molecule has 1 amide bonds. The fraction of sp³-hybridized carbons (Fsp3) is 0.600. The van der Waals surface area contributed by atoms with Crippen LogP contribution in [0.15, 0.2) is 23.2 Å². The number of rotatable bonds is 8. The Morgan fingerprint density at radius 1 is 1.36 bits per heavy atom. The smallest absolute Gasteiger partial charge is 0.243 e. The van der Waals surface area contributed by atoms with Crippen LogP contribution in [0.3, 0.4) is 0 Å². The Hall–Kier alpha value is -2.48. The zero-order valence-electron chi connectivity index (χ0n) is 17.4. The Bertz CT molecular complexity index is 672. The van der Waals surface area contributed by atoms with Gasteiger partial charge in [-0.3, -0.25) is 4.79 Å². The van der Waals surface area contributed by atoms with Gasteiger partial charge in [0.25, 0.3) is 0 Å². The molecule has 8 nitrogen and oxygen atoms in total. The Kier molecular flexibility index (Phi) is 8.38. The number of carbonyl (C=O) groups is 1. The fourth-order valence-corrected chi connectivity index (χ4v) is 2.92. The van der Waals surface area contributed by atoms with Gasteiger partial charge in [-0.2, -0.15) is 0 Å². The predicted octanol–water partition coefficient (Wildman–Crippen LogP) is 1.57. The van der Waals surface area contributed by atoms with Gasteiger partial charge in [0.15, 0.2) is 5.96 Å². The maximum atomic E-state index is 11.9. The molecule has 0 aromatic heterocycles. The van der Waals surface area contributed by atoms with Crippen LogP contribution in [0.1, 0.15) is 31.4 Å². The van der Waals surface area contributed by atoms with Gasteiger partial charge in [0.2, 0.25) is 5.91 Å². The third-order valence-electron chi connectivity index (χ3n) is 4.65. The number of hydrogen-bond acceptors (Lipinski definition) is 5. The van der Waals surface area contributed by atoms with E-state index in [2.05, 4.69) is 15.6 Å². The lowest BCUT2D eigenvalue weighted by Gasteiger charge is -2.22. The average molecular weight is 393 g/mol. The van der Waals surface area contributed by atoms with Crippen LogP contribution in [-0.4, -0.2) is 70.9 Å². The van der Waals surface area contributed by atoms with Crippen LogP contribution in [0.25, 0.3) is 0 Å². The van der Waals surface area contributed by atoms with Crippen molar-refractivity contribution in [3.63, 3.8) is 0 Å². The van der Waals surface area contributed by atoms with Crippen LogP contribution in [0.4, 0.5) is 0 Å². The van der Waals surface area contributed by atoms with Gasteiger partial charge < -0.3 is 29.7 Å². The van der Waals surface area contributed by atoms with E-state index in [1.165, 1.54) is 4.90 Å². The molecular formula is C20H32N4O4. The molecule has 1 aliphatic rings. The Balaban J connectivity index is 2.12. The van der Waals surface area contributed by atoms with E-state index < -0.39 is 0 Å². The Morgan fingerprint density at radius 3 is 2.75 bits per heavy atom. The number of ether oxygens (including phenoxy) is 3. The predicted molar refractivity (Wildman–Crippen MR) is 109 cm³/mol. The molecule has 1 fully saturated rings. The van der Waals surface area contributed by atoms with Gasteiger partial charge in [0.05, 0.1) is 26.4 Å². The number of guanidine groups is 1. The fourth-order valence-electron chi connectivity index (χ4n) is 2.92. The normalized spacial score (nSPS) is 17.8. The van der Waals surface area contributed by atoms with Crippen molar-refractivity contribution >= 4 is 11.9 Å². The van der Waals surface area contributed by atoms with Crippen molar-refractivity contribution in [3.05, 3.63) is 23.8 Å². The van der Waals surface area contributed by atoms with E-state index in [0.29, 0.717) is 12.5 Å². The molecule has 0 radical (unpaired) electrons. The summed E-state index contributed by atoms with van der Waals surface area (Å²) in [6.45, 7) is 3.51. The number of hydrogen-bond donors (Lipinski definition) is 2. The van der Waals surface area contributed by atoms with Crippen LogP contribution < -0.4 is 20.1 Å². The van der Waals surface area contributed by atoms with E-state index in [9.17, 15) is 4.79 Å². The summed E-state index contributed by atoms with van der Waals surface area (Å²) in [5, 5.41) is 6.65. The van der Waals surface area contributed by atoms with E-state index in [-0.39, 0.29) is 24.6 Å². The van der Waals surface area contributed by atoms with Gasteiger partial charge in [-0.15, -0.1) is 0 Å². The molecule has 2 N–H and O–H groups in total. The third kappa shape index (κ3) is 6.30. The first kappa shape index (κ1) is 21.8. The standard InChI is InChI=1S/C20H32N4O4/c1-14(17-11-15(26-4)8-9-18(17)27-5)23-20(22-13-19(25)24(2)3)21-12-16-7-6-10-28-16/h8-9,11,14,16H,6-7,10,12-13H2,1-5H3,(H2,21,22,23). The van der Waals surface area contributed by atoms with Gasteiger partial charge in [-0.25, -0.2) is 4.99 Å². The SMILES string of the molecule is COc1ccc(OC)c(C(C)NC(=NCC(=O)N(C)C)NCC2CCCO2)c1. The summed E-state index contributed by atoms with van der Waals surface area (Å²) in [5.74, 6) is 1.99. The van der Waals surface area contributed by atoms with Crippen LogP contribution in [-0.2, 0) is 9.53 Å². The summed E-state index contributed by atoms with van der Waals surface area (Å²) >= 11 is 0. The first-order chi connectivity index (χ1) is 13.4. The van der Waals surface area contributed by atoms with Crippen molar-refractivity contribution in [2.24, 2.45) is 4.99 Å². The van der Waals surface area contributed by atoms with Gasteiger partial charge in [0.1, 0.15) is 18.0 Å². The van der Waals surface area contributed by atoms with Crippen molar-refractivity contribution in [3.8, 4) is 11.5 Å². The van der Waals surface area contributed by atoms with E-state index >= 15 is 0 Å². The first-order valence-electron chi connectivity index (χ1n) is 9.53. The molecule has 156 valence electrons. The molecule has 2 atom stereocenters. The number of carbonyl (C=O) groups excluding carboxylic acids is 1. The minimum absolute atomic E-state index is 0.0650. The van der Waals surface area contributed by atoms with E-state index in [4.69, 9.17) is 14.2 Å². The monoisotopic (exact) mass is 392 g/mol. The molecule has 2 unspecified atom stereocenters. The van der Waals surface area contributed by atoms with Gasteiger partial charge >= 0.3 is 0 Å².